The minimum atomic E-state index is -1.05. The lowest BCUT2D eigenvalue weighted by Crippen LogP contribution is -2.34. The van der Waals surface area contributed by atoms with Gasteiger partial charge in [-0.2, -0.15) is 0 Å². The zero-order valence-corrected chi connectivity index (χ0v) is 20.6. The number of fused-ring (bicyclic) bond motifs is 1. The van der Waals surface area contributed by atoms with Gasteiger partial charge in [0.1, 0.15) is 5.75 Å². The molecule has 3 N–H and O–H groups in total. The number of hydrogen-bond acceptors (Lipinski definition) is 5. The molecule has 0 aliphatic rings. The summed E-state index contributed by atoms with van der Waals surface area (Å²) in [4.78, 5) is 29.3. The molecule has 1 heterocycles. The molecule has 0 spiro atoms. The van der Waals surface area contributed by atoms with Crippen LogP contribution in [0.4, 0.5) is 5.69 Å². The summed E-state index contributed by atoms with van der Waals surface area (Å²) in [6.07, 6.45) is 0. The first kappa shape index (κ1) is 24.8. The van der Waals surface area contributed by atoms with Crippen LogP contribution < -0.4 is 15.4 Å². The molecule has 0 unspecified atom stereocenters. The van der Waals surface area contributed by atoms with Crippen molar-refractivity contribution in [2.75, 3.05) is 11.9 Å². The molecule has 0 saturated carbocycles. The summed E-state index contributed by atoms with van der Waals surface area (Å²) >= 11 is 5.31. The van der Waals surface area contributed by atoms with Gasteiger partial charge >= 0.3 is 5.97 Å². The van der Waals surface area contributed by atoms with Crippen LogP contribution in [-0.2, 0) is 0 Å². The van der Waals surface area contributed by atoms with Crippen LogP contribution in [0.1, 0.15) is 34.6 Å². The Kier molecular flexibility index (Phi) is 7.56. The van der Waals surface area contributed by atoms with E-state index in [1.165, 1.54) is 12.1 Å². The van der Waals surface area contributed by atoms with Gasteiger partial charge in [-0.25, -0.2) is 9.78 Å². The Morgan fingerprint density at radius 3 is 2.56 bits per heavy atom. The number of amides is 1. The third-order valence-electron chi connectivity index (χ3n) is 5.27. The number of anilines is 1. The Bertz CT molecular complexity index is 1450. The van der Waals surface area contributed by atoms with Gasteiger partial charge in [-0.3, -0.25) is 10.1 Å². The Morgan fingerprint density at radius 1 is 1.00 bits per heavy atom. The maximum Gasteiger partial charge on any atom is 0.335 e. The predicted molar refractivity (Wildman–Crippen MR) is 145 cm³/mol. The first-order valence-corrected chi connectivity index (χ1v) is 11.8. The van der Waals surface area contributed by atoms with Crippen LogP contribution in [-0.4, -0.2) is 33.7 Å². The largest absolute Gasteiger partial charge is 0.493 e. The van der Waals surface area contributed by atoms with Gasteiger partial charge in [0.2, 0.25) is 0 Å². The highest BCUT2D eigenvalue weighted by atomic mass is 32.1. The van der Waals surface area contributed by atoms with Gasteiger partial charge in [-0.05, 0) is 60.6 Å². The number of benzene rings is 3. The summed E-state index contributed by atoms with van der Waals surface area (Å²) in [7, 11) is 0. The molecule has 4 rings (SSSR count). The molecule has 0 fully saturated rings. The normalized spacial score (nSPS) is 10.8. The van der Waals surface area contributed by atoms with Gasteiger partial charge in [0.05, 0.1) is 28.9 Å². The summed E-state index contributed by atoms with van der Waals surface area (Å²) in [5.74, 6) is -0.333. The van der Waals surface area contributed by atoms with E-state index in [0.29, 0.717) is 40.4 Å². The summed E-state index contributed by atoms with van der Waals surface area (Å²) in [5.41, 5.74) is 3.09. The van der Waals surface area contributed by atoms with Gasteiger partial charge in [-0.15, -0.1) is 0 Å². The SMILES string of the molecule is CC(C)COc1cccc(-c2cc(C(=O)NC(=S)Nc3cccc(C(=O)O)c3)c3ccccc3n2)c1. The topological polar surface area (TPSA) is 101 Å². The van der Waals surface area contributed by atoms with Crippen molar-refractivity contribution in [2.24, 2.45) is 5.92 Å². The van der Waals surface area contributed by atoms with Crippen molar-refractivity contribution in [1.82, 2.24) is 10.3 Å². The van der Waals surface area contributed by atoms with Crippen LogP contribution in [0.25, 0.3) is 22.2 Å². The molecule has 36 heavy (non-hydrogen) atoms. The molecule has 3 aromatic carbocycles. The molecule has 1 amide bonds. The summed E-state index contributed by atoms with van der Waals surface area (Å²) in [6, 6.07) is 22.9. The van der Waals surface area contributed by atoms with E-state index >= 15 is 0 Å². The van der Waals surface area contributed by atoms with E-state index in [1.807, 2.05) is 48.5 Å². The highest BCUT2D eigenvalue weighted by molar-refractivity contribution is 7.80. The van der Waals surface area contributed by atoms with Crippen molar-refractivity contribution < 1.29 is 19.4 Å². The molecule has 0 radical (unpaired) electrons. The average Bonchev–Trinajstić information content (AvgIpc) is 2.87. The molecule has 1 aromatic heterocycles. The van der Waals surface area contributed by atoms with Gasteiger partial charge in [-0.1, -0.05) is 50.2 Å². The Labute approximate surface area is 214 Å². The van der Waals surface area contributed by atoms with Gasteiger partial charge in [0.25, 0.3) is 5.91 Å². The maximum atomic E-state index is 13.3. The lowest BCUT2D eigenvalue weighted by Gasteiger charge is -2.13. The number of nitrogens with one attached hydrogen (secondary N) is 2. The van der Waals surface area contributed by atoms with Crippen molar-refractivity contribution in [3.63, 3.8) is 0 Å². The van der Waals surface area contributed by atoms with E-state index in [0.717, 1.165) is 11.3 Å². The molecule has 7 nitrogen and oxygen atoms in total. The fourth-order valence-corrected chi connectivity index (χ4v) is 3.79. The number of carboxylic acid groups (broad SMARTS) is 1. The number of ether oxygens (including phenoxy) is 1. The molecule has 0 saturated heterocycles. The van der Waals surface area contributed by atoms with Crippen molar-refractivity contribution in [2.45, 2.75) is 13.8 Å². The van der Waals surface area contributed by atoms with Crippen LogP contribution in [0.15, 0.2) is 78.9 Å². The number of hydrogen-bond donors (Lipinski definition) is 3. The molecular weight excluding hydrogens is 474 g/mol. The third kappa shape index (κ3) is 6.03. The number of para-hydroxylation sites is 1. The monoisotopic (exact) mass is 499 g/mol. The minimum absolute atomic E-state index is 0.0501. The molecule has 0 atom stereocenters. The predicted octanol–water partition coefficient (Wildman–Crippen LogP) is 5.76. The Morgan fingerprint density at radius 2 is 1.78 bits per heavy atom. The Hall–Kier alpha value is -4.30. The van der Waals surface area contributed by atoms with Crippen LogP contribution in [0.5, 0.6) is 5.75 Å². The quantitative estimate of drug-likeness (QED) is 0.278. The maximum absolute atomic E-state index is 13.3. The lowest BCUT2D eigenvalue weighted by molar-refractivity contribution is 0.0696. The molecule has 4 aromatic rings. The number of aromatic carboxylic acids is 1. The first-order valence-electron chi connectivity index (χ1n) is 11.4. The molecule has 0 aliphatic heterocycles. The number of rotatable bonds is 7. The first-order chi connectivity index (χ1) is 17.3. The van der Waals surface area contributed by atoms with E-state index in [1.54, 1.807) is 18.2 Å². The summed E-state index contributed by atoms with van der Waals surface area (Å²) < 4.78 is 5.86. The smallest absolute Gasteiger partial charge is 0.335 e. The van der Waals surface area contributed by atoms with Gasteiger partial charge in [0.15, 0.2) is 5.11 Å². The second kappa shape index (κ2) is 11.0. The fraction of sp³-hybridized carbons (Fsp3) is 0.143. The molecule has 182 valence electrons. The number of aromatic nitrogens is 1. The second-order valence-corrected chi connectivity index (χ2v) is 9.01. The number of carbonyl (C=O) groups excluding carboxylic acids is 1. The van der Waals surface area contributed by atoms with Crippen molar-refractivity contribution in [1.29, 1.82) is 0 Å². The van der Waals surface area contributed by atoms with Crippen molar-refractivity contribution in [3.8, 4) is 17.0 Å². The van der Waals surface area contributed by atoms with Gasteiger partial charge < -0.3 is 15.2 Å². The van der Waals surface area contributed by atoms with E-state index in [-0.39, 0.29) is 10.7 Å². The highest BCUT2D eigenvalue weighted by Gasteiger charge is 2.16. The minimum Gasteiger partial charge on any atom is -0.493 e. The highest BCUT2D eigenvalue weighted by Crippen LogP contribution is 2.27. The van der Waals surface area contributed by atoms with Crippen LogP contribution in [0.3, 0.4) is 0 Å². The van der Waals surface area contributed by atoms with Crippen LogP contribution in [0.2, 0.25) is 0 Å². The summed E-state index contributed by atoms with van der Waals surface area (Å²) in [6.45, 7) is 4.77. The van der Waals surface area contributed by atoms with E-state index < -0.39 is 11.9 Å². The third-order valence-corrected chi connectivity index (χ3v) is 5.47. The molecule has 0 aliphatic carbocycles. The standard InChI is InChI=1S/C28H25N3O4S/c1-17(2)16-35-21-10-6-7-18(14-21)25-15-23(22-11-3-4-12-24(22)30-25)26(32)31-28(36)29-20-9-5-8-19(13-20)27(33)34/h3-15,17H,16H2,1-2H3,(H,33,34)(H2,29,31,32,36). The zero-order valence-electron chi connectivity index (χ0n) is 19.8. The number of carboxylic acids is 1. The summed E-state index contributed by atoms with van der Waals surface area (Å²) in [5, 5.41) is 15.5. The van der Waals surface area contributed by atoms with E-state index in [2.05, 4.69) is 24.5 Å². The zero-order chi connectivity index (χ0) is 25.7. The van der Waals surface area contributed by atoms with E-state index in [4.69, 9.17) is 21.9 Å². The number of thiocarbonyl (C=S) groups is 1. The molecular formula is C28H25N3O4S. The number of pyridine rings is 1. The number of carbonyl (C=O) groups is 2. The molecule has 0 bridgehead atoms. The van der Waals surface area contributed by atoms with Crippen molar-refractivity contribution in [3.05, 3.63) is 90.0 Å². The van der Waals surface area contributed by atoms with Crippen LogP contribution >= 0.6 is 12.2 Å². The van der Waals surface area contributed by atoms with Crippen molar-refractivity contribution >= 4 is 45.8 Å². The lowest BCUT2D eigenvalue weighted by atomic mass is 10.0. The number of nitrogens with zero attached hydrogens (tertiary/aromatic N) is 1. The van der Waals surface area contributed by atoms with Gasteiger partial charge in [0, 0.05) is 16.6 Å². The fourth-order valence-electron chi connectivity index (χ4n) is 3.58. The Balaban J connectivity index is 1.61. The average molecular weight is 500 g/mol. The molecule has 8 heteroatoms. The van der Waals surface area contributed by atoms with E-state index in [9.17, 15) is 14.7 Å². The van der Waals surface area contributed by atoms with Crippen LogP contribution in [0, 0.1) is 5.92 Å². The second-order valence-electron chi connectivity index (χ2n) is 8.60.